The number of aromatic amines is 1. The van der Waals surface area contributed by atoms with Crippen molar-refractivity contribution in [2.75, 3.05) is 24.7 Å². The van der Waals surface area contributed by atoms with E-state index < -0.39 is 100 Å². The lowest BCUT2D eigenvalue weighted by molar-refractivity contribution is -0.230. The largest absolute Gasteiger partial charge is 0.508 e. The number of hydrogen-bond donors (Lipinski definition) is 11. The third-order valence-electron chi connectivity index (χ3n) is 24.5. The minimum Gasteiger partial charge on any atom is -0.508 e. The molecule has 1 spiro atoms. The molecule has 13 N–H and O–H groups in total. The fraction of sp³-hybridized carbons (Fsp3) is 0.706. The summed E-state index contributed by atoms with van der Waals surface area (Å²) in [6, 6.07) is 7.38. The number of ketones is 2. The van der Waals surface area contributed by atoms with Crippen molar-refractivity contribution >= 4 is 45.1 Å². The highest BCUT2D eigenvalue weighted by molar-refractivity contribution is 8.76. The van der Waals surface area contributed by atoms with Gasteiger partial charge in [-0.15, -0.1) is 5.92 Å². The Morgan fingerprint density at radius 1 is 0.895 bits per heavy atom. The Morgan fingerprint density at radius 2 is 1.66 bits per heavy atom. The lowest BCUT2D eigenvalue weighted by Gasteiger charge is -2.68. The molecule has 7 fully saturated rings. The van der Waals surface area contributed by atoms with E-state index >= 15 is 9.90 Å². The second-order valence-corrected chi connectivity index (χ2v) is 31.6. The van der Waals surface area contributed by atoms with Gasteiger partial charge in [-0.05, 0) is 178 Å². The summed E-state index contributed by atoms with van der Waals surface area (Å²) in [7, 11) is 3.01. The Hall–Kier alpha value is -4.32. The molecule has 0 radical (unpaired) electrons. The highest BCUT2D eigenvalue weighted by Crippen LogP contribution is 2.77. The summed E-state index contributed by atoms with van der Waals surface area (Å²) in [4.78, 5) is 53.6. The predicted octanol–water partition coefficient (Wildman–Crippen LogP) is 7.27. The van der Waals surface area contributed by atoms with Crippen LogP contribution in [0.1, 0.15) is 147 Å². The number of aliphatic imine (C=N–C) groups is 1. The third-order valence-corrected chi connectivity index (χ3v) is 27.0. The van der Waals surface area contributed by atoms with Gasteiger partial charge in [0.2, 0.25) is 0 Å². The van der Waals surface area contributed by atoms with Gasteiger partial charge in [-0.3, -0.25) is 19.4 Å². The molecule has 2 saturated heterocycles. The number of esters is 1. The van der Waals surface area contributed by atoms with Crippen molar-refractivity contribution < 1.29 is 54.9 Å². The number of nitrogens with two attached hydrogens (primary N) is 2. The SMILES string of the molecule is CCC1OC(=O)C(c2cc[nH]c2)C1C1C#CCC2CC3(O)C4=C5NC(CO)C(=O)CC(c6ccc(O)cc6)CSSCC6C(O)C(O)CC(C)(C4C4CCC(CN=C(N)N)C3(C4)C2C(C)(O)C(O)CC(C)C2CC=C3CCC(C)CC3C2C1)C6C5=O. The number of allylic oxidation sites excluding steroid dienone is 3. The van der Waals surface area contributed by atoms with Crippen LogP contribution in [0, 0.1) is 106 Å². The number of nitrogens with one attached hydrogen (secondary N) is 2. The number of carbonyl (C=O) groups excluding carboxylic acids is 3. The van der Waals surface area contributed by atoms with Crippen molar-refractivity contribution in [2.24, 2.45) is 110 Å². The van der Waals surface area contributed by atoms with Crippen molar-refractivity contribution in [1.82, 2.24) is 10.3 Å². The van der Waals surface area contributed by atoms with Crippen LogP contribution in [-0.4, -0.2) is 131 Å². The molecule has 4 bridgehead atoms. The first-order valence-electron chi connectivity index (χ1n) is 32.3. The molecule has 25 atom stereocenters. The number of aliphatic hydroxyl groups excluding tert-OH is 4. The van der Waals surface area contributed by atoms with Gasteiger partial charge in [-0.25, -0.2) is 0 Å². The fourth-order valence-corrected chi connectivity index (χ4v) is 23.7. The molecule has 86 heavy (non-hydrogen) atoms. The van der Waals surface area contributed by atoms with Crippen LogP contribution in [0.15, 0.2) is 70.6 Å². The number of cyclic esters (lactones) is 1. The van der Waals surface area contributed by atoms with Crippen molar-refractivity contribution in [1.29, 1.82) is 0 Å². The number of ether oxygens (including phenoxy) is 1. The second kappa shape index (κ2) is 23.8. The number of benzene rings is 1. The van der Waals surface area contributed by atoms with Gasteiger partial charge in [-0.1, -0.05) is 79.0 Å². The van der Waals surface area contributed by atoms with E-state index in [1.165, 1.54) is 27.2 Å². The molecule has 1 aromatic heterocycles. The molecule has 8 aliphatic carbocycles. The Morgan fingerprint density at radius 3 is 2.38 bits per heavy atom. The zero-order valence-corrected chi connectivity index (χ0v) is 52.3. The number of rotatable bonds is 7. The van der Waals surface area contributed by atoms with Crippen LogP contribution < -0.4 is 16.8 Å². The van der Waals surface area contributed by atoms with Gasteiger partial charge in [0.05, 0.1) is 47.7 Å². The molecule has 25 unspecified atom stereocenters. The molecule has 10 aliphatic rings. The van der Waals surface area contributed by atoms with E-state index in [-0.39, 0.29) is 115 Å². The number of nitrogens with zero attached hydrogens (tertiary/aromatic N) is 1. The Balaban J connectivity index is 1.05. The monoisotopic (exact) mass is 1220 g/mol. The molecule has 18 heteroatoms. The maximum atomic E-state index is 16.4. The third kappa shape index (κ3) is 10.2. The van der Waals surface area contributed by atoms with Gasteiger partial charge in [0.25, 0.3) is 0 Å². The Labute approximate surface area is 514 Å². The summed E-state index contributed by atoms with van der Waals surface area (Å²) < 4.78 is 6.34. The molecular weight excluding hydrogens is 1130 g/mol. The molecule has 12 rings (SSSR count). The standard InChI is InChI=1S/C68H93N5O11S2/c1-6-52-54(55(63(81)84-52)41-20-21-71-29-41)38-8-7-9-40-27-68(83)58-56(65(4)28-51(77)60(79)48-33-86-85-32-42(36-13-17-44(75)18-14-36)25-50(76)49(31-74)73-59(58)61(80)57(48)65)39-12-16-43(30-72-64(69)70)67(68,26-39)62(40)66(5,82)53(78)23-35(3)45-19-15-37-11-10-34(2)22-46(37)47(45)24-38/h13-15,17-18,20-21,29,34-35,38-40,42-43,45-49,51-57,60,62,71,73-75,77-79,82-83H,6,9-12,16,19,22-28,30-33H2,1-5H3,(H4,69,70,72). The number of H-pyrrole nitrogens is 1. The van der Waals surface area contributed by atoms with Crippen LogP contribution >= 0.6 is 21.6 Å². The lowest BCUT2D eigenvalue weighted by Crippen LogP contribution is -2.71. The first kappa shape index (κ1) is 61.9. The molecule has 2 aliphatic heterocycles. The topological polar surface area (TPSA) is 294 Å². The van der Waals surface area contributed by atoms with Gasteiger partial charge in [0, 0.05) is 84.2 Å². The van der Waals surface area contributed by atoms with Crippen LogP contribution in [-0.2, 0) is 19.1 Å². The van der Waals surface area contributed by atoms with Gasteiger partial charge in [-0.2, -0.15) is 0 Å². The van der Waals surface area contributed by atoms with Crippen LogP contribution in [0.2, 0.25) is 0 Å². The second-order valence-electron chi connectivity index (χ2n) is 29.0. The van der Waals surface area contributed by atoms with Gasteiger partial charge < -0.3 is 62.3 Å². The summed E-state index contributed by atoms with van der Waals surface area (Å²) in [6.45, 7) is 9.81. The van der Waals surface area contributed by atoms with E-state index in [1.54, 1.807) is 31.2 Å². The van der Waals surface area contributed by atoms with E-state index in [2.05, 4.69) is 49.0 Å². The number of fused-ring (bicyclic) bond motifs is 10. The summed E-state index contributed by atoms with van der Waals surface area (Å²) in [5.74, 6) is 2.47. The Bertz CT molecular complexity index is 3050. The summed E-state index contributed by atoms with van der Waals surface area (Å²) in [5, 5.41) is 92.0. The van der Waals surface area contributed by atoms with E-state index in [0.29, 0.717) is 54.6 Å². The molecule has 468 valence electrons. The average Bonchev–Trinajstić information content (AvgIpc) is 1.30. The zero-order valence-electron chi connectivity index (χ0n) is 50.7. The highest BCUT2D eigenvalue weighted by Gasteiger charge is 2.79. The smallest absolute Gasteiger partial charge is 0.314 e. The van der Waals surface area contributed by atoms with Crippen molar-refractivity contribution in [3.8, 4) is 17.6 Å². The molecule has 5 saturated carbocycles. The average molecular weight is 1220 g/mol. The molecule has 1 aromatic carbocycles. The summed E-state index contributed by atoms with van der Waals surface area (Å²) in [5.41, 5.74) is 9.83. The minimum absolute atomic E-state index is 0.000357. The molecule has 0 amide bonds. The first-order valence-corrected chi connectivity index (χ1v) is 34.8. The van der Waals surface area contributed by atoms with E-state index in [0.717, 1.165) is 43.2 Å². The number of carbonyl (C=O) groups is 3. The summed E-state index contributed by atoms with van der Waals surface area (Å²) in [6.07, 6.45) is 9.39. The molecule has 3 heterocycles. The zero-order chi connectivity index (χ0) is 60.9. The Kier molecular flexibility index (Phi) is 17.1. The van der Waals surface area contributed by atoms with Crippen molar-refractivity contribution in [2.45, 2.75) is 178 Å². The first-order chi connectivity index (χ1) is 41.1. The van der Waals surface area contributed by atoms with Gasteiger partial charge in [0.15, 0.2) is 17.5 Å². The number of Topliss-reactive ketones (excluding diaryl/α,β-unsaturated/α-hetero) is 2. The molecule has 16 nitrogen and oxygen atoms in total. The summed E-state index contributed by atoms with van der Waals surface area (Å²) >= 11 is 0. The normalized spacial score (nSPS) is 45.9. The number of hydrogen-bond acceptors (Lipinski definition) is 15. The lowest BCUT2D eigenvalue weighted by atomic mass is 9.37. The quantitative estimate of drug-likeness (QED) is 0.0325. The number of guanidine groups is 1. The van der Waals surface area contributed by atoms with Crippen LogP contribution in [0.4, 0.5) is 0 Å². The number of phenols is 1. The number of aliphatic hydroxyl groups is 6. The molecular formula is C68H93N5O11S2. The molecule has 2 aromatic rings. The van der Waals surface area contributed by atoms with Crippen LogP contribution in [0.5, 0.6) is 5.75 Å². The van der Waals surface area contributed by atoms with Crippen molar-refractivity contribution in [3.05, 3.63) is 76.8 Å². The number of phenolic OH excluding ortho intramolecular Hbond substituents is 1. The highest BCUT2D eigenvalue weighted by atomic mass is 33.1. The number of aromatic hydroxyl groups is 1. The van der Waals surface area contributed by atoms with Crippen molar-refractivity contribution in [3.63, 3.8) is 0 Å². The van der Waals surface area contributed by atoms with E-state index in [9.17, 15) is 40.2 Å². The van der Waals surface area contributed by atoms with Crippen LogP contribution in [0.25, 0.3) is 0 Å². The van der Waals surface area contributed by atoms with Crippen LogP contribution in [0.3, 0.4) is 0 Å². The maximum absolute atomic E-state index is 16.4. The predicted molar refractivity (Wildman–Crippen MR) is 331 cm³/mol. The minimum atomic E-state index is -1.97. The number of aromatic nitrogens is 1. The van der Waals surface area contributed by atoms with E-state index in [1.807, 2.05) is 25.4 Å². The van der Waals surface area contributed by atoms with Gasteiger partial charge in [0.1, 0.15) is 17.9 Å². The van der Waals surface area contributed by atoms with E-state index in [4.69, 9.17) is 21.2 Å². The fourth-order valence-electron chi connectivity index (χ4n) is 20.9. The maximum Gasteiger partial charge on any atom is 0.314 e. The van der Waals surface area contributed by atoms with Gasteiger partial charge >= 0.3 is 5.97 Å².